The van der Waals surface area contributed by atoms with E-state index in [1.807, 2.05) is 38.1 Å². The Morgan fingerprint density at radius 3 is 2.48 bits per heavy atom. The molecule has 2 aromatic carbocycles. The first-order valence-electron chi connectivity index (χ1n) is 8.89. The second kappa shape index (κ2) is 10.1. The molecule has 0 fully saturated rings. The van der Waals surface area contributed by atoms with Gasteiger partial charge in [-0.2, -0.15) is 0 Å². The molecule has 0 radical (unpaired) electrons. The van der Waals surface area contributed by atoms with E-state index in [4.69, 9.17) is 25.8 Å². The van der Waals surface area contributed by atoms with Gasteiger partial charge in [-0.15, -0.1) is 0 Å². The fourth-order valence-electron chi connectivity index (χ4n) is 2.66. The Morgan fingerprint density at radius 1 is 1.11 bits per heavy atom. The molecule has 0 saturated carbocycles. The summed E-state index contributed by atoms with van der Waals surface area (Å²) in [6.07, 6.45) is 0.711. The minimum atomic E-state index is -0.545. The average Bonchev–Trinajstić information content (AvgIpc) is 2.68. The highest BCUT2D eigenvalue weighted by atomic mass is 35.5. The maximum atomic E-state index is 12.4. The first kappa shape index (κ1) is 20.9. The summed E-state index contributed by atoms with van der Waals surface area (Å²) in [5.41, 5.74) is 1.97. The number of methoxy groups -OCH3 is 2. The van der Waals surface area contributed by atoms with Gasteiger partial charge in [0.2, 0.25) is 0 Å². The van der Waals surface area contributed by atoms with Crippen molar-refractivity contribution in [3.05, 3.63) is 52.5 Å². The maximum Gasteiger partial charge on any atom is 0.261 e. The third-order valence-corrected chi connectivity index (χ3v) is 4.66. The number of benzene rings is 2. The van der Waals surface area contributed by atoms with Crippen LogP contribution < -0.4 is 19.5 Å². The highest BCUT2D eigenvalue weighted by molar-refractivity contribution is 6.31. The summed E-state index contributed by atoms with van der Waals surface area (Å²) in [4.78, 5) is 12.4. The Kier molecular flexibility index (Phi) is 7.80. The van der Waals surface area contributed by atoms with Crippen LogP contribution in [0.15, 0.2) is 36.4 Å². The van der Waals surface area contributed by atoms with Gasteiger partial charge in [-0.05, 0) is 61.2 Å². The Bertz CT molecular complexity index is 779. The maximum absolute atomic E-state index is 12.4. The highest BCUT2D eigenvalue weighted by Crippen LogP contribution is 2.27. The fourth-order valence-corrected chi connectivity index (χ4v) is 2.77. The normalized spacial score (nSPS) is 11.6. The molecule has 0 bridgehead atoms. The number of rotatable bonds is 9. The van der Waals surface area contributed by atoms with Crippen LogP contribution >= 0.6 is 11.6 Å². The van der Waals surface area contributed by atoms with Gasteiger partial charge in [0.1, 0.15) is 5.75 Å². The van der Waals surface area contributed by atoms with E-state index in [1.54, 1.807) is 26.4 Å². The molecule has 0 spiro atoms. The zero-order chi connectivity index (χ0) is 19.8. The molecule has 0 unspecified atom stereocenters. The van der Waals surface area contributed by atoms with E-state index >= 15 is 0 Å². The minimum Gasteiger partial charge on any atom is -0.493 e. The predicted molar refractivity (Wildman–Crippen MR) is 107 cm³/mol. The highest BCUT2D eigenvalue weighted by Gasteiger charge is 2.18. The molecule has 0 aromatic heterocycles. The Labute approximate surface area is 165 Å². The number of hydrogen-bond donors (Lipinski definition) is 1. The molecule has 1 amide bonds. The van der Waals surface area contributed by atoms with Gasteiger partial charge >= 0.3 is 0 Å². The van der Waals surface area contributed by atoms with Crippen molar-refractivity contribution in [1.82, 2.24) is 5.32 Å². The summed E-state index contributed by atoms with van der Waals surface area (Å²) in [5.74, 6) is 1.86. The molecule has 0 aliphatic rings. The number of nitrogens with one attached hydrogen (secondary N) is 1. The standard InChI is InChI=1S/C21H26ClNO4/c1-5-18(27-16-7-8-17(22)14(2)12-16)21(24)23-11-10-15-6-9-19(25-3)20(13-15)26-4/h6-9,12-13,18H,5,10-11H2,1-4H3,(H,23,24)/t18-/m1/s1. The third-order valence-electron chi connectivity index (χ3n) is 4.23. The smallest absolute Gasteiger partial charge is 0.261 e. The van der Waals surface area contributed by atoms with Crippen molar-refractivity contribution in [3.63, 3.8) is 0 Å². The van der Waals surface area contributed by atoms with Gasteiger partial charge in [-0.25, -0.2) is 0 Å². The number of amides is 1. The monoisotopic (exact) mass is 391 g/mol. The molecular weight excluding hydrogens is 366 g/mol. The molecule has 1 atom stereocenters. The van der Waals surface area contributed by atoms with Crippen molar-refractivity contribution in [1.29, 1.82) is 0 Å². The van der Waals surface area contributed by atoms with E-state index < -0.39 is 6.10 Å². The number of halogens is 1. The molecular formula is C21H26ClNO4. The largest absolute Gasteiger partial charge is 0.493 e. The average molecular weight is 392 g/mol. The molecule has 0 aliphatic heterocycles. The van der Waals surface area contributed by atoms with E-state index in [1.165, 1.54) is 0 Å². The molecule has 146 valence electrons. The van der Waals surface area contributed by atoms with Gasteiger partial charge < -0.3 is 19.5 Å². The van der Waals surface area contributed by atoms with E-state index in [9.17, 15) is 4.79 Å². The lowest BCUT2D eigenvalue weighted by Crippen LogP contribution is -2.38. The van der Waals surface area contributed by atoms with E-state index in [0.29, 0.717) is 41.7 Å². The van der Waals surface area contributed by atoms with Crippen molar-refractivity contribution in [3.8, 4) is 17.2 Å². The van der Waals surface area contributed by atoms with Gasteiger partial charge in [0.25, 0.3) is 5.91 Å². The lowest BCUT2D eigenvalue weighted by molar-refractivity contribution is -0.128. The summed E-state index contributed by atoms with van der Waals surface area (Å²) < 4.78 is 16.4. The molecule has 2 aromatic rings. The number of carbonyl (C=O) groups excluding carboxylic acids is 1. The first-order valence-corrected chi connectivity index (χ1v) is 9.27. The Morgan fingerprint density at radius 2 is 1.85 bits per heavy atom. The molecule has 0 heterocycles. The molecule has 5 nitrogen and oxygen atoms in total. The number of aryl methyl sites for hydroxylation is 1. The van der Waals surface area contributed by atoms with Crippen LogP contribution in [0.1, 0.15) is 24.5 Å². The predicted octanol–water partition coefficient (Wildman–Crippen LogP) is 4.18. The van der Waals surface area contributed by atoms with Crippen molar-refractivity contribution in [2.45, 2.75) is 32.8 Å². The van der Waals surface area contributed by atoms with Crippen LogP contribution in [0.3, 0.4) is 0 Å². The summed E-state index contributed by atoms with van der Waals surface area (Å²) in [6.45, 7) is 4.33. The van der Waals surface area contributed by atoms with Crippen molar-refractivity contribution in [2.75, 3.05) is 20.8 Å². The van der Waals surface area contributed by atoms with Crippen LogP contribution in [0, 0.1) is 6.92 Å². The second-order valence-electron chi connectivity index (χ2n) is 6.16. The lowest BCUT2D eigenvalue weighted by Gasteiger charge is -2.18. The van der Waals surface area contributed by atoms with Gasteiger partial charge in [0.05, 0.1) is 14.2 Å². The summed E-state index contributed by atoms with van der Waals surface area (Å²) in [7, 11) is 3.20. The zero-order valence-corrected chi connectivity index (χ0v) is 16.9. The molecule has 0 saturated heterocycles. The van der Waals surface area contributed by atoms with Crippen LogP contribution in [-0.4, -0.2) is 32.8 Å². The van der Waals surface area contributed by atoms with E-state index in [-0.39, 0.29) is 5.91 Å². The topological polar surface area (TPSA) is 56.8 Å². The molecule has 27 heavy (non-hydrogen) atoms. The summed E-state index contributed by atoms with van der Waals surface area (Å²) in [6, 6.07) is 11.1. The van der Waals surface area contributed by atoms with Gasteiger partial charge in [-0.3, -0.25) is 4.79 Å². The third kappa shape index (κ3) is 5.79. The van der Waals surface area contributed by atoms with Crippen molar-refractivity contribution in [2.24, 2.45) is 0 Å². The minimum absolute atomic E-state index is 0.134. The van der Waals surface area contributed by atoms with Crippen LogP contribution in [0.4, 0.5) is 0 Å². The molecule has 0 aliphatic carbocycles. The van der Waals surface area contributed by atoms with Gasteiger partial charge in [-0.1, -0.05) is 24.6 Å². The van der Waals surface area contributed by atoms with Crippen LogP contribution in [0.5, 0.6) is 17.2 Å². The van der Waals surface area contributed by atoms with Gasteiger partial charge in [0, 0.05) is 11.6 Å². The van der Waals surface area contributed by atoms with E-state index in [0.717, 1.165) is 11.1 Å². The first-order chi connectivity index (χ1) is 13.0. The van der Waals surface area contributed by atoms with Crippen LogP contribution in [0.25, 0.3) is 0 Å². The zero-order valence-electron chi connectivity index (χ0n) is 16.2. The lowest BCUT2D eigenvalue weighted by atomic mass is 10.1. The van der Waals surface area contributed by atoms with Crippen LogP contribution in [-0.2, 0) is 11.2 Å². The number of carbonyl (C=O) groups is 1. The Balaban J connectivity index is 1.90. The van der Waals surface area contributed by atoms with Gasteiger partial charge in [0.15, 0.2) is 17.6 Å². The molecule has 2 rings (SSSR count). The quantitative estimate of drug-likeness (QED) is 0.696. The fraction of sp³-hybridized carbons (Fsp3) is 0.381. The summed E-state index contributed by atoms with van der Waals surface area (Å²) in [5, 5.41) is 3.61. The van der Waals surface area contributed by atoms with E-state index in [2.05, 4.69) is 5.32 Å². The number of ether oxygens (including phenoxy) is 3. The summed E-state index contributed by atoms with van der Waals surface area (Å²) >= 11 is 6.03. The second-order valence-corrected chi connectivity index (χ2v) is 6.56. The molecule has 1 N–H and O–H groups in total. The van der Waals surface area contributed by atoms with Crippen molar-refractivity contribution < 1.29 is 19.0 Å². The Hall–Kier alpha value is -2.40. The molecule has 6 heteroatoms. The van der Waals surface area contributed by atoms with Crippen LogP contribution in [0.2, 0.25) is 5.02 Å². The van der Waals surface area contributed by atoms with Crippen molar-refractivity contribution >= 4 is 17.5 Å². The number of hydrogen-bond acceptors (Lipinski definition) is 4. The SMILES string of the molecule is CC[C@@H](Oc1ccc(Cl)c(C)c1)C(=O)NCCc1ccc(OC)c(OC)c1.